The number of nitrogens with zero attached hydrogens (tertiary/aromatic N) is 2. The first-order valence-corrected chi connectivity index (χ1v) is 7.01. The summed E-state index contributed by atoms with van der Waals surface area (Å²) in [6.45, 7) is 7.57. The van der Waals surface area contributed by atoms with E-state index in [4.69, 9.17) is 0 Å². The van der Waals surface area contributed by atoms with E-state index in [1.165, 1.54) is 16.7 Å². The van der Waals surface area contributed by atoms with Crippen LogP contribution in [0.3, 0.4) is 0 Å². The van der Waals surface area contributed by atoms with Gasteiger partial charge in [0, 0.05) is 25.7 Å². The third-order valence-corrected chi connectivity index (χ3v) is 3.57. The van der Waals surface area contributed by atoms with Crippen LogP contribution in [0.2, 0.25) is 0 Å². The summed E-state index contributed by atoms with van der Waals surface area (Å²) in [5, 5.41) is 3.44. The van der Waals surface area contributed by atoms with Crippen molar-refractivity contribution in [2.24, 2.45) is 0 Å². The lowest BCUT2D eigenvalue weighted by atomic mass is 9.99. The Hall–Kier alpha value is -0.900. The summed E-state index contributed by atoms with van der Waals surface area (Å²) in [5.74, 6) is 0. The molecule has 108 valence electrons. The molecule has 3 heteroatoms. The summed E-state index contributed by atoms with van der Waals surface area (Å²) in [6.07, 6.45) is 0. The van der Waals surface area contributed by atoms with Gasteiger partial charge in [0.1, 0.15) is 0 Å². The summed E-state index contributed by atoms with van der Waals surface area (Å²) in [6, 6.07) is 7.12. The van der Waals surface area contributed by atoms with Crippen LogP contribution in [0.4, 0.5) is 0 Å². The Balaban J connectivity index is 2.67. The Labute approximate surface area is 118 Å². The first kappa shape index (κ1) is 16.2. The molecule has 1 unspecified atom stereocenters. The highest BCUT2D eigenvalue weighted by Crippen LogP contribution is 2.19. The molecule has 0 aliphatic heterocycles. The second-order valence-electron chi connectivity index (χ2n) is 5.77. The first-order chi connectivity index (χ1) is 8.93. The standard InChI is InChI=1S/C16H29N3/c1-13-7-8-15(14(2)11-13)16(17-3)12-19(6)10-9-18(4)5/h7-8,11,16-17H,9-10,12H2,1-6H3. The van der Waals surface area contributed by atoms with Crippen molar-refractivity contribution in [2.75, 3.05) is 47.8 Å². The summed E-state index contributed by atoms with van der Waals surface area (Å²) in [4.78, 5) is 4.61. The highest BCUT2D eigenvalue weighted by Gasteiger charge is 2.14. The highest BCUT2D eigenvalue weighted by molar-refractivity contribution is 5.33. The Kier molecular flexibility index (Phi) is 6.49. The average molecular weight is 263 g/mol. The lowest BCUT2D eigenvalue weighted by Gasteiger charge is -2.26. The van der Waals surface area contributed by atoms with Crippen LogP contribution in [0.15, 0.2) is 18.2 Å². The van der Waals surface area contributed by atoms with E-state index in [9.17, 15) is 0 Å². The van der Waals surface area contributed by atoms with Gasteiger partial charge < -0.3 is 15.1 Å². The number of aryl methyl sites for hydroxylation is 2. The number of hydrogen-bond donors (Lipinski definition) is 1. The van der Waals surface area contributed by atoms with Gasteiger partial charge in [-0.15, -0.1) is 0 Å². The summed E-state index contributed by atoms with van der Waals surface area (Å²) >= 11 is 0. The predicted octanol–water partition coefficient (Wildman–Crippen LogP) is 2.06. The van der Waals surface area contributed by atoms with Crippen LogP contribution in [-0.4, -0.2) is 57.6 Å². The quantitative estimate of drug-likeness (QED) is 0.812. The number of nitrogens with one attached hydrogen (secondary N) is 1. The molecule has 0 heterocycles. The minimum Gasteiger partial charge on any atom is -0.312 e. The Morgan fingerprint density at radius 2 is 1.79 bits per heavy atom. The molecule has 0 aliphatic rings. The molecule has 1 aromatic rings. The molecule has 0 bridgehead atoms. The third kappa shape index (κ3) is 5.31. The minimum atomic E-state index is 0.396. The Morgan fingerprint density at radius 1 is 1.11 bits per heavy atom. The average Bonchev–Trinajstić information content (AvgIpc) is 2.34. The van der Waals surface area contributed by atoms with Gasteiger partial charge in [0.05, 0.1) is 0 Å². The van der Waals surface area contributed by atoms with E-state index < -0.39 is 0 Å². The molecule has 3 nitrogen and oxygen atoms in total. The number of benzene rings is 1. The molecule has 0 saturated heterocycles. The Morgan fingerprint density at radius 3 is 2.32 bits per heavy atom. The maximum atomic E-state index is 3.44. The largest absolute Gasteiger partial charge is 0.312 e. The fourth-order valence-electron chi connectivity index (χ4n) is 2.34. The fourth-order valence-corrected chi connectivity index (χ4v) is 2.34. The normalized spacial score (nSPS) is 13.3. The van der Waals surface area contributed by atoms with Gasteiger partial charge in [-0.05, 0) is 53.2 Å². The van der Waals surface area contributed by atoms with Crippen molar-refractivity contribution < 1.29 is 0 Å². The van der Waals surface area contributed by atoms with Crippen molar-refractivity contribution in [1.29, 1.82) is 0 Å². The van der Waals surface area contributed by atoms with Crippen LogP contribution < -0.4 is 5.32 Å². The number of hydrogen-bond acceptors (Lipinski definition) is 3. The van der Waals surface area contributed by atoms with Gasteiger partial charge in [-0.25, -0.2) is 0 Å². The topological polar surface area (TPSA) is 18.5 Å². The zero-order valence-electron chi connectivity index (χ0n) is 13.3. The molecule has 0 spiro atoms. The molecule has 0 amide bonds. The summed E-state index contributed by atoms with van der Waals surface area (Å²) < 4.78 is 0. The van der Waals surface area contributed by atoms with E-state index in [1.807, 2.05) is 7.05 Å². The van der Waals surface area contributed by atoms with Crippen molar-refractivity contribution in [1.82, 2.24) is 15.1 Å². The predicted molar refractivity (Wildman–Crippen MR) is 83.8 cm³/mol. The summed E-state index contributed by atoms with van der Waals surface area (Å²) in [5.41, 5.74) is 4.11. The molecule has 1 atom stereocenters. The molecule has 0 fully saturated rings. The van der Waals surface area contributed by atoms with Crippen LogP contribution in [0, 0.1) is 13.8 Å². The zero-order chi connectivity index (χ0) is 14.4. The molecular weight excluding hydrogens is 234 g/mol. The van der Waals surface area contributed by atoms with Gasteiger partial charge in [-0.1, -0.05) is 23.8 Å². The lowest BCUT2D eigenvalue weighted by Crippen LogP contribution is -2.35. The third-order valence-electron chi connectivity index (χ3n) is 3.57. The smallest absolute Gasteiger partial charge is 0.0449 e. The minimum absolute atomic E-state index is 0.396. The second-order valence-corrected chi connectivity index (χ2v) is 5.77. The lowest BCUT2D eigenvalue weighted by molar-refractivity contribution is 0.260. The molecule has 1 aromatic carbocycles. The fraction of sp³-hybridized carbons (Fsp3) is 0.625. The summed E-state index contributed by atoms with van der Waals surface area (Å²) in [7, 11) is 8.47. The van der Waals surface area contributed by atoms with Crippen LogP contribution in [0.5, 0.6) is 0 Å². The molecule has 1 N–H and O–H groups in total. The molecule has 0 saturated carbocycles. The van der Waals surface area contributed by atoms with E-state index in [2.05, 4.69) is 68.3 Å². The van der Waals surface area contributed by atoms with Crippen LogP contribution in [0.1, 0.15) is 22.7 Å². The van der Waals surface area contributed by atoms with E-state index >= 15 is 0 Å². The molecule has 0 aromatic heterocycles. The van der Waals surface area contributed by atoms with E-state index in [-0.39, 0.29) is 0 Å². The molecule has 1 rings (SSSR count). The van der Waals surface area contributed by atoms with Crippen molar-refractivity contribution >= 4 is 0 Å². The number of likely N-dealkylation sites (N-methyl/N-ethyl adjacent to an activating group) is 3. The van der Waals surface area contributed by atoms with Crippen molar-refractivity contribution in [2.45, 2.75) is 19.9 Å². The van der Waals surface area contributed by atoms with Crippen LogP contribution in [-0.2, 0) is 0 Å². The van der Waals surface area contributed by atoms with Gasteiger partial charge in [-0.2, -0.15) is 0 Å². The van der Waals surface area contributed by atoms with Gasteiger partial charge in [-0.3, -0.25) is 0 Å². The second kappa shape index (κ2) is 7.63. The van der Waals surface area contributed by atoms with E-state index in [0.29, 0.717) is 6.04 Å². The van der Waals surface area contributed by atoms with E-state index in [1.54, 1.807) is 0 Å². The first-order valence-electron chi connectivity index (χ1n) is 7.01. The van der Waals surface area contributed by atoms with Crippen LogP contribution >= 0.6 is 0 Å². The maximum absolute atomic E-state index is 3.44. The van der Waals surface area contributed by atoms with Gasteiger partial charge >= 0.3 is 0 Å². The van der Waals surface area contributed by atoms with Gasteiger partial charge in [0.25, 0.3) is 0 Å². The molecule has 0 radical (unpaired) electrons. The van der Waals surface area contributed by atoms with Gasteiger partial charge in [0.2, 0.25) is 0 Å². The maximum Gasteiger partial charge on any atom is 0.0449 e. The Bertz CT molecular complexity index is 388. The van der Waals surface area contributed by atoms with E-state index in [0.717, 1.165) is 19.6 Å². The van der Waals surface area contributed by atoms with Crippen molar-refractivity contribution in [3.05, 3.63) is 34.9 Å². The zero-order valence-corrected chi connectivity index (χ0v) is 13.3. The number of rotatable bonds is 7. The highest BCUT2D eigenvalue weighted by atomic mass is 15.2. The molecule has 19 heavy (non-hydrogen) atoms. The van der Waals surface area contributed by atoms with Crippen molar-refractivity contribution in [3.63, 3.8) is 0 Å². The van der Waals surface area contributed by atoms with Crippen LogP contribution in [0.25, 0.3) is 0 Å². The molecular formula is C16H29N3. The monoisotopic (exact) mass is 263 g/mol. The molecule has 0 aliphatic carbocycles. The van der Waals surface area contributed by atoms with Crippen molar-refractivity contribution in [3.8, 4) is 0 Å². The van der Waals surface area contributed by atoms with Gasteiger partial charge in [0.15, 0.2) is 0 Å². The SMILES string of the molecule is CNC(CN(C)CCN(C)C)c1ccc(C)cc1C.